The minimum absolute atomic E-state index is 0.0962. The van der Waals surface area contributed by atoms with Crippen LogP contribution in [0.4, 0.5) is 0 Å². The van der Waals surface area contributed by atoms with Crippen LogP contribution in [0.5, 0.6) is 0 Å². The summed E-state index contributed by atoms with van der Waals surface area (Å²) in [5.74, 6) is 0.560. The molecule has 0 atom stereocenters. The molecule has 0 aliphatic heterocycles. The molecule has 0 saturated carbocycles. The van der Waals surface area contributed by atoms with Gasteiger partial charge in [-0.05, 0) is 56.6 Å². The van der Waals surface area contributed by atoms with Crippen LogP contribution in [0.15, 0.2) is 47.4 Å². The van der Waals surface area contributed by atoms with E-state index in [0.717, 1.165) is 24.4 Å². The summed E-state index contributed by atoms with van der Waals surface area (Å²) in [5, 5.41) is 8.83. The molecule has 3 nitrogen and oxygen atoms in total. The molecule has 23 heavy (non-hydrogen) atoms. The van der Waals surface area contributed by atoms with E-state index >= 15 is 0 Å². The number of hydrogen-bond acceptors (Lipinski definition) is 3. The standard InChI is InChI=1S/C19H26N2OS/c1-19(2,3)21-12-6-11-20-18(22)14-23-17-10-9-15-7-4-5-8-16(15)13-17/h4-5,7-10,13,21H,6,11-12,14H2,1-3H3,(H,20,22). The lowest BCUT2D eigenvalue weighted by Crippen LogP contribution is -2.38. The van der Waals surface area contributed by atoms with Gasteiger partial charge in [-0.1, -0.05) is 30.3 Å². The minimum atomic E-state index is 0.0962. The fourth-order valence-electron chi connectivity index (χ4n) is 2.24. The van der Waals surface area contributed by atoms with E-state index in [-0.39, 0.29) is 11.4 Å². The highest BCUT2D eigenvalue weighted by molar-refractivity contribution is 8.00. The largest absolute Gasteiger partial charge is 0.355 e. The van der Waals surface area contributed by atoms with Gasteiger partial charge in [0.1, 0.15) is 0 Å². The molecule has 0 aliphatic rings. The van der Waals surface area contributed by atoms with E-state index in [4.69, 9.17) is 0 Å². The smallest absolute Gasteiger partial charge is 0.230 e. The zero-order chi connectivity index (χ0) is 16.7. The molecule has 0 spiro atoms. The summed E-state index contributed by atoms with van der Waals surface area (Å²) in [6.07, 6.45) is 0.948. The Morgan fingerprint density at radius 2 is 1.78 bits per heavy atom. The third kappa shape index (κ3) is 6.63. The molecule has 2 rings (SSSR count). The Hall–Kier alpha value is -1.52. The maximum atomic E-state index is 11.9. The van der Waals surface area contributed by atoms with Gasteiger partial charge in [0.05, 0.1) is 5.75 Å². The molecule has 2 aromatic carbocycles. The number of amides is 1. The number of carbonyl (C=O) groups is 1. The third-order valence-electron chi connectivity index (χ3n) is 3.42. The zero-order valence-corrected chi connectivity index (χ0v) is 15.0. The predicted octanol–water partition coefficient (Wildman–Crippen LogP) is 3.83. The van der Waals surface area contributed by atoms with Gasteiger partial charge in [0, 0.05) is 17.0 Å². The Balaban J connectivity index is 1.69. The molecule has 1 amide bonds. The highest BCUT2D eigenvalue weighted by Crippen LogP contribution is 2.23. The number of benzene rings is 2. The Labute approximate surface area is 143 Å². The van der Waals surface area contributed by atoms with Crippen molar-refractivity contribution in [2.24, 2.45) is 0 Å². The molecular formula is C19H26N2OS. The fourth-order valence-corrected chi connectivity index (χ4v) is 3.01. The van der Waals surface area contributed by atoms with Gasteiger partial charge in [-0.25, -0.2) is 0 Å². The Morgan fingerprint density at radius 3 is 2.52 bits per heavy atom. The molecule has 4 heteroatoms. The van der Waals surface area contributed by atoms with Crippen molar-refractivity contribution in [2.45, 2.75) is 37.6 Å². The molecule has 0 radical (unpaired) electrons. The van der Waals surface area contributed by atoms with Gasteiger partial charge < -0.3 is 10.6 Å². The van der Waals surface area contributed by atoms with E-state index in [2.05, 4.69) is 61.7 Å². The molecule has 2 N–H and O–H groups in total. The number of rotatable bonds is 7. The minimum Gasteiger partial charge on any atom is -0.355 e. The first-order valence-electron chi connectivity index (χ1n) is 8.07. The normalized spacial score (nSPS) is 11.6. The average Bonchev–Trinajstić information content (AvgIpc) is 2.51. The lowest BCUT2D eigenvalue weighted by atomic mass is 10.1. The van der Waals surface area contributed by atoms with Crippen LogP contribution in [0.3, 0.4) is 0 Å². The van der Waals surface area contributed by atoms with Crippen LogP contribution in [0.1, 0.15) is 27.2 Å². The van der Waals surface area contributed by atoms with E-state index in [1.807, 2.05) is 12.1 Å². The summed E-state index contributed by atoms with van der Waals surface area (Å²) in [5.41, 5.74) is 0.135. The van der Waals surface area contributed by atoms with Gasteiger partial charge >= 0.3 is 0 Å². The summed E-state index contributed by atoms with van der Waals surface area (Å²) in [4.78, 5) is 13.0. The van der Waals surface area contributed by atoms with E-state index in [9.17, 15) is 4.79 Å². The summed E-state index contributed by atoms with van der Waals surface area (Å²) < 4.78 is 0. The molecule has 0 bridgehead atoms. The second kappa shape index (κ2) is 8.37. The molecule has 124 valence electrons. The average molecular weight is 330 g/mol. The second-order valence-corrected chi connectivity index (χ2v) is 7.73. The van der Waals surface area contributed by atoms with Crippen molar-refractivity contribution >= 4 is 28.4 Å². The van der Waals surface area contributed by atoms with Crippen LogP contribution >= 0.6 is 11.8 Å². The van der Waals surface area contributed by atoms with Crippen molar-refractivity contribution in [1.29, 1.82) is 0 Å². The van der Waals surface area contributed by atoms with Crippen molar-refractivity contribution in [3.63, 3.8) is 0 Å². The monoisotopic (exact) mass is 330 g/mol. The molecule has 0 aliphatic carbocycles. The molecule has 0 aromatic heterocycles. The predicted molar refractivity (Wildman–Crippen MR) is 100 cm³/mol. The lowest BCUT2D eigenvalue weighted by molar-refractivity contribution is -0.118. The summed E-state index contributed by atoms with van der Waals surface area (Å²) >= 11 is 1.58. The summed E-state index contributed by atoms with van der Waals surface area (Å²) in [6, 6.07) is 14.6. The Kier molecular flexibility index (Phi) is 6.48. The summed E-state index contributed by atoms with van der Waals surface area (Å²) in [6.45, 7) is 8.07. The van der Waals surface area contributed by atoms with Crippen molar-refractivity contribution in [2.75, 3.05) is 18.8 Å². The maximum absolute atomic E-state index is 11.9. The van der Waals surface area contributed by atoms with E-state index < -0.39 is 0 Å². The molecule has 0 unspecified atom stereocenters. The van der Waals surface area contributed by atoms with Gasteiger partial charge in [-0.15, -0.1) is 11.8 Å². The number of thioether (sulfide) groups is 1. The van der Waals surface area contributed by atoms with Crippen LogP contribution in [0.2, 0.25) is 0 Å². The van der Waals surface area contributed by atoms with Crippen molar-refractivity contribution in [3.05, 3.63) is 42.5 Å². The maximum Gasteiger partial charge on any atom is 0.230 e. The molecule has 0 saturated heterocycles. The Morgan fingerprint density at radius 1 is 1.04 bits per heavy atom. The first-order valence-corrected chi connectivity index (χ1v) is 9.06. The third-order valence-corrected chi connectivity index (χ3v) is 4.42. The van der Waals surface area contributed by atoms with Gasteiger partial charge in [-0.3, -0.25) is 4.79 Å². The van der Waals surface area contributed by atoms with Crippen LogP contribution in [-0.4, -0.2) is 30.3 Å². The highest BCUT2D eigenvalue weighted by Gasteiger charge is 2.07. The Bertz CT molecular complexity index is 649. The van der Waals surface area contributed by atoms with Gasteiger partial charge in [0.25, 0.3) is 0 Å². The highest BCUT2D eigenvalue weighted by atomic mass is 32.2. The van der Waals surface area contributed by atoms with Crippen LogP contribution in [0, 0.1) is 0 Å². The van der Waals surface area contributed by atoms with E-state index in [1.165, 1.54) is 10.8 Å². The van der Waals surface area contributed by atoms with Gasteiger partial charge in [0.15, 0.2) is 0 Å². The lowest BCUT2D eigenvalue weighted by Gasteiger charge is -2.20. The number of carbonyl (C=O) groups excluding carboxylic acids is 1. The van der Waals surface area contributed by atoms with Gasteiger partial charge in [-0.2, -0.15) is 0 Å². The first-order chi connectivity index (χ1) is 10.9. The molecular weight excluding hydrogens is 304 g/mol. The zero-order valence-electron chi connectivity index (χ0n) is 14.2. The number of fused-ring (bicyclic) bond motifs is 1. The van der Waals surface area contributed by atoms with Crippen LogP contribution < -0.4 is 10.6 Å². The van der Waals surface area contributed by atoms with E-state index in [1.54, 1.807) is 11.8 Å². The number of hydrogen-bond donors (Lipinski definition) is 2. The second-order valence-electron chi connectivity index (χ2n) is 6.68. The van der Waals surface area contributed by atoms with Crippen molar-refractivity contribution in [1.82, 2.24) is 10.6 Å². The topological polar surface area (TPSA) is 41.1 Å². The molecule has 0 heterocycles. The van der Waals surface area contributed by atoms with Crippen LogP contribution in [0.25, 0.3) is 10.8 Å². The molecule has 2 aromatic rings. The SMILES string of the molecule is CC(C)(C)NCCCNC(=O)CSc1ccc2ccccc2c1. The quantitative estimate of drug-likeness (QED) is 0.599. The van der Waals surface area contributed by atoms with Gasteiger partial charge in [0.2, 0.25) is 5.91 Å². The summed E-state index contributed by atoms with van der Waals surface area (Å²) in [7, 11) is 0. The van der Waals surface area contributed by atoms with Crippen molar-refractivity contribution < 1.29 is 4.79 Å². The first kappa shape index (κ1) is 17.8. The number of nitrogens with one attached hydrogen (secondary N) is 2. The van der Waals surface area contributed by atoms with Crippen molar-refractivity contribution in [3.8, 4) is 0 Å². The van der Waals surface area contributed by atoms with Crippen LogP contribution in [-0.2, 0) is 4.79 Å². The fraction of sp³-hybridized carbons (Fsp3) is 0.421. The van der Waals surface area contributed by atoms with E-state index in [0.29, 0.717) is 5.75 Å². The molecule has 0 fully saturated rings.